The highest BCUT2D eigenvalue weighted by molar-refractivity contribution is 5.57. The molecule has 2 rings (SSSR count). The molecule has 0 fully saturated rings. The van der Waals surface area contributed by atoms with Crippen LogP contribution in [0.4, 0.5) is 10.1 Å². The van der Waals surface area contributed by atoms with E-state index in [0.29, 0.717) is 17.8 Å². The van der Waals surface area contributed by atoms with Crippen molar-refractivity contribution < 1.29 is 4.39 Å². The Balaban J connectivity index is 2.09. The van der Waals surface area contributed by atoms with Crippen LogP contribution < -0.4 is 5.32 Å². The number of halogens is 1. The van der Waals surface area contributed by atoms with Crippen LogP contribution in [0.3, 0.4) is 0 Å². The van der Waals surface area contributed by atoms with Gasteiger partial charge in [-0.1, -0.05) is 45.0 Å². The van der Waals surface area contributed by atoms with Crippen molar-refractivity contribution in [3.8, 4) is 6.07 Å². The van der Waals surface area contributed by atoms with Crippen LogP contribution in [0, 0.1) is 17.1 Å². The molecule has 0 aliphatic rings. The number of benzene rings is 2. The van der Waals surface area contributed by atoms with Gasteiger partial charge in [-0.15, -0.1) is 0 Å². The van der Waals surface area contributed by atoms with E-state index in [1.54, 1.807) is 6.07 Å². The molecule has 0 heterocycles. The summed E-state index contributed by atoms with van der Waals surface area (Å²) in [5.41, 5.74) is 3.51. The van der Waals surface area contributed by atoms with E-state index in [9.17, 15) is 4.39 Å². The molecule has 0 atom stereocenters. The SMILES string of the molecule is CC(C)(C)c1ccc(CNc2ccc(F)cc2C#N)cc1. The first-order chi connectivity index (χ1) is 9.90. The normalized spacial score (nSPS) is 11.0. The Kier molecular flexibility index (Phi) is 4.28. The van der Waals surface area contributed by atoms with Crippen molar-refractivity contribution in [1.82, 2.24) is 0 Å². The second-order valence-corrected chi connectivity index (χ2v) is 6.10. The van der Waals surface area contributed by atoms with Crippen LogP contribution in [-0.2, 0) is 12.0 Å². The molecule has 0 aromatic heterocycles. The fourth-order valence-corrected chi connectivity index (χ4v) is 2.08. The highest BCUT2D eigenvalue weighted by atomic mass is 19.1. The molecule has 0 amide bonds. The predicted octanol–water partition coefficient (Wildman–Crippen LogP) is 4.61. The molecule has 2 nitrogen and oxygen atoms in total. The molecule has 0 saturated carbocycles. The summed E-state index contributed by atoms with van der Waals surface area (Å²) in [6.45, 7) is 7.14. The Hall–Kier alpha value is -2.34. The Bertz CT molecular complexity index is 661. The van der Waals surface area contributed by atoms with Crippen LogP contribution in [0.25, 0.3) is 0 Å². The molecule has 0 aliphatic carbocycles. The predicted molar refractivity (Wildman–Crippen MR) is 83.6 cm³/mol. The summed E-state index contributed by atoms with van der Waals surface area (Å²) >= 11 is 0. The maximum atomic E-state index is 13.1. The number of nitriles is 1. The lowest BCUT2D eigenvalue weighted by Gasteiger charge is -2.19. The third kappa shape index (κ3) is 3.82. The van der Waals surface area contributed by atoms with Gasteiger partial charge in [0, 0.05) is 6.54 Å². The lowest BCUT2D eigenvalue weighted by atomic mass is 9.87. The molecule has 0 bridgehead atoms. The smallest absolute Gasteiger partial charge is 0.124 e. The summed E-state index contributed by atoms with van der Waals surface area (Å²) in [4.78, 5) is 0. The monoisotopic (exact) mass is 282 g/mol. The molecule has 0 radical (unpaired) electrons. The van der Waals surface area contributed by atoms with Crippen molar-refractivity contribution >= 4 is 5.69 Å². The van der Waals surface area contributed by atoms with Crippen LogP contribution in [0.15, 0.2) is 42.5 Å². The minimum Gasteiger partial charge on any atom is -0.380 e. The molecule has 0 saturated heterocycles. The largest absolute Gasteiger partial charge is 0.380 e. The maximum absolute atomic E-state index is 13.1. The van der Waals surface area contributed by atoms with Gasteiger partial charge in [-0.25, -0.2) is 4.39 Å². The van der Waals surface area contributed by atoms with Gasteiger partial charge >= 0.3 is 0 Å². The van der Waals surface area contributed by atoms with E-state index < -0.39 is 5.82 Å². The standard InChI is InChI=1S/C18H19FN2/c1-18(2,3)15-6-4-13(5-7-15)12-21-17-9-8-16(19)10-14(17)11-20/h4-10,21H,12H2,1-3H3. The van der Waals surface area contributed by atoms with Crippen LogP contribution in [0.5, 0.6) is 0 Å². The van der Waals surface area contributed by atoms with Crippen molar-refractivity contribution in [2.45, 2.75) is 32.7 Å². The van der Waals surface area contributed by atoms with E-state index in [0.717, 1.165) is 5.56 Å². The van der Waals surface area contributed by atoms with Crippen molar-refractivity contribution in [2.75, 3.05) is 5.32 Å². The topological polar surface area (TPSA) is 35.8 Å². The van der Waals surface area contributed by atoms with Gasteiger partial charge in [-0.3, -0.25) is 0 Å². The first-order valence-electron chi connectivity index (χ1n) is 6.93. The third-order valence-electron chi connectivity index (χ3n) is 3.40. The highest BCUT2D eigenvalue weighted by Gasteiger charge is 2.12. The van der Waals surface area contributed by atoms with E-state index in [1.165, 1.54) is 17.7 Å². The van der Waals surface area contributed by atoms with E-state index in [2.05, 4.69) is 50.4 Å². The Labute approximate surface area is 125 Å². The number of nitrogens with zero attached hydrogens (tertiary/aromatic N) is 1. The number of rotatable bonds is 3. The average molecular weight is 282 g/mol. The zero-order valence-electron chi connectivity index (χ0n) is 12.6. The molecule has 0 aliphatic heterocycles. The zero-order chi connectivity index (χ0) is 15.5. The van der Waals surface area contributed by atoms with Crippen LogP contribution in [-0.4, -0.2) is 0 Å². The minimum absolute atomic E-state index is 0.136. The van der Waals surface area contributed by atoms with Crippen molar-refractivity contribution in [2.24, 2.45) is 0 Å². The molecule has 0 spiro atoms. The first-order valence-corrected chi connectivity index (χ1v) is 6.93. The van der Waals surface area contributed by atoms with E-state index in [-0.39, 0.29) is 5.41 Å². The quantitative estimate of drug-likeness (QED) is 0.892. The van der Waals surface area contributed by atoms with Crippen LogP contribution in [0.2, 0.25) is 0 Å². The van der Waals surface area contributed by atoms with Crippen molar-refractivity contribution in [1.29, 1.82) is 5.26 Å². The number of hydrogen-bond acceptors (Lipinski definition) is 2. The summed E-state index contributed by atoms with van der Waals surface area (Å²) in [5, 5.41) is 12.2. The van der Waals surface area contributed by atoms with Crippen LogP contribution >= 0.6 is 0 Å². The Morgan fingerprint density at radius 1 is 1.10 bits per heavy atom. The summed E-state index contributed by atoms with van der Waals surface area (Å²) in [6, 6.07) is 14.6. The maximum Gasteiger partial charge on any atom is 0.124 e. The first kappa shape index (κ1) is 15.1. The molecule has 2 aromatic rings. The van der Waals surface area contributed by atoms with Crippen molar-refractivity contribution in [3.05, 3.63) is 65.0 Å². The summed E-state index contributed by atoms with van der Waals surface area (Å²) in [7, 11) is 0. The lowest BCUT2D eigenvalue weighted by molar-refractivity contribution is 0.590. The number of hydrogen-bond donors (Lipinski definition) is 1. The van der Waals surface area contributed by atoms with Crippen LogP contribution in [0.1, 0.15) is 37.5 Å². The number of anilines is 1. The molecule has 1 N–H and O–H groups in total. The van der Waals surface area contributed by atoms with Gasteiger partial charge in [-0.05, 0) is 34.7 Å². The van der Waals surface area contributed by atoms with E-state index in [1.807, 2.05) is 6.07 Å². The molecular weight excluding hydrogens is 263 g/mol. The Morgan fingerprint density at radius 3 is 2.33 bits per heavy atom. The van der Waals surface area contributed by atoms with Gasteiger partial charge < -0.3 is 5.32 Å². The van der Waals surface area contributed by atoms with Gasteiger partial charge in [0.2, 0.25) is 0 Å². The second kappa shape index (κ2) is 5.97. The van der Waals surface area contributed by atoms with Gasteiger partial charge in [0.15, 0.2) is 0 Å². The molecule has 0 unspecified atom stereocenters. The zero-order valence-corrected chi connectivity index (χ0v) is 12.6. The number of nitrogens with one attached hydrogen (secondary N) is 1. The van der Waals surface area contributed by atoms with Gasteiger partial charge in [0.25, 0.3) is 0 Å². The molecular formula is C18H19FN2. The Morgan fingerprint density at radius 2 is 1.76 bits per heavy atom. The molecule has 108 valence electrons. The summed E-state index contributed by atoms with van der Waals surface area (Å²) in [6.07, 6.45) is 0. The average Bonchev–Trinajstić information content (AvgIpc) is 2.45. The fourth-order valence-electron chi connectivity index (χ4n) is 2.08. The van der Waals surface area contributed by atoms with Gasteiger partial charge in [0.1, 0.15) is 11.9 Å². The second-order valence-electron chi connectivity index (χ2n) is 6.10. The third-order valence-corrected chi connectivity index (χ3v) is 3.40. The van der Waals surface area contributed by atoms with Crippen molar-refractivity contribution in [3.63, 3.8) is 0 Å². The van der Waals surface area contributed by atoms with Gasteiger partial charge in [0.05, 0.1) is 11.3 Å². The molecule has 3 heteroatoms. The lowest BCUT2D eigenvalue weighted by Crippen LogP contribution is -2.11. The molecule has 2 aromatic carbocycles. The summed E-state index contributed by atoms with van der Waals surface area (Å²) in [5.74, 6) is -0.397. The minimum atomic E-state index is -0.397. The van der Waals surface area contributed by atoms with E-state index in [4.69, 9.17) is 5.26 Å². The molecule has 21 heavy (non-hydrogen) atoms. The van der Waals surface area contributed by atoms with Gasteiger partial charge in [-0.2, -0.15) is 5.26 Å². The van der Waals surface area contributed by atoms with E-state index >= 15 is 0 Å². The summed E-state index contributed by atoms with van der Waals surface area (Å²) < 4.78 is 13.1. The highest BCUT2D eigenvalue weighted by Crippen LogP contribution is 2.23. The fraction of sp³-hybridized carbons (Fsp3) is 0.278.